The lowest BCUT2D eigenvalue weighted by Gasteiger charge is -2.32. The first-order valence-corrected chi connectivity index (χ1v) is 9.96. The normalized spacial score (nSPS) is 13.1. The van der Waals surface area contributed by atoms with Gasteiger partial charge in [-0.1, -0.05) is 12.1 Å². The molecule has 1 N–H and O–H groups in total. The summed E-state index contributed by atoms with van der Waals surface area (Å²) >= 11 is 0. The maximum absolute atomic E-state index is 12.0. The number of hydrogen-bond donors (Lipinski definition) is 1. The number of carbonyl (C=O) groups excluding carboxylic acids is 1. The first-order chi connectivity index (χ1) is 14.5. The van der Waals surface area contributed by atoms with Crippen molar-refractivity contribution in [2.45, 2.75) is 19.5 Å². The molecule has 0 spiro atoms. The molecule has 0 bridgehead atoms. The second-order valence-corrected chi connectivity index (χ2v) is 7.44. The Morgan fingerprint density at radius 1 is 1.10 bits per heavy atom. The highest BCUT2D eigenvalue weighted by molar-refractivity contribution is 14.0. The van der Waals surface area contributed by atoms with E-state index >= 15 is 0 Å². The summed E-state index contributed by atoms with van der Waals surface area (Å²) in [7, 11) is 8.62. The Bertz CT molecular complexity index is 929. The van der Waals surface area contributed by atoms with E-state index in [4.69, 9.17) is 9.47 Å². The Morgan fingerprint density at radius 2 is 1.71 bits per heavy atom. The molecule has 0 fully saturated rings. The van der Waals surface area contributed by atoms with Crippen LogP contribution >= 0.6 is 24.0 Å². The van der Waals surface area contributed by atoms with E-state index in [2.05, 4.69) is 21.3 Å². The van der Waals surface area contributed by atoms with Gasteiger partial charge >= 0.3 is 0 Å². The van der Waals surface area contributed by atoms with E-state index in [1.807, 2.05) is 30.3 Å². The molecule has 1 aliphatic rings. The Morgan fingerprint density at radius 3 is 2.26 bits per heavy atom. The van der Waals surface area contributed by atoms with Crippen molar-refractivity contribution in [3.8, 4) is 11.5 Å². The van der Waals surface area contributed by atoms with E-state index in [0.717, 1.165) is 42.5 Å². The van der Waals surface area contributed by atoms with Crippen LogP contribution in [0.15, 0.2) is 41.4 Å². The molecule has 168 valence electrons. The molecular weight excluding hydrogens is 507 g/mol. The van der Waals surface area contributed by atoms with Crippen molar-refractivity contribution in [3.63, 3.8) is 0 Å². The van der Waals surface area contributed by atoms with Gasteiger partial charge < -0.3 is 24.6 Å². The Labute approximate surface area is 201 Å². The van der Waals surface area contributed by atoms with E-state index in [0.29, 0.717) is 12.1 Å². The molecule has 3 rings (SSSR count). The van der Waals surface area contributed by atoms with E-state index in [1.54, 1.807) is 40.3 Å². The number of amides is 1. The number of fused-ring (bicyclic) bond motifs is 1. The summed E-state index contributed by atoms with van der Waals surface area (Å²) in [6, 6.07) is 11.8. The number of methoxy groups -OCH3 is 2. The molecule has 0 aromatic heterocycles. The van der Waals surface area contributed by atoms with Crippen LogP contribution in [-0.4, -0.2) is 63.6 Å². The summed E-state index contributed by atoms with van der Waals surface area (Å²) in [5, 5.41) is 3.43. The predicted molar refractivity (Wildman–Crippen MR) is 134 cm³/mol. The van der Waals surface area contributed by atoms with Crippen LogP contribution in [0, 0.1) is 0 Å². The minimum atomic E-state index is 0. The van der Waals surface area contributed by atoms with Gasteiger partial charge in [-0.2, -0.15) is 0 Å². The molecule has 0 radical (unpaired) electrons. The number of nitrogens with one attached hydrogen (secondary N) is 1. The average Bonchev–Trinajstić information content (AvgIpc) is 2.78. The van der Waals surface area contributed by atoms with Crippen LogP contribution in [0.2, 0.25) is 0 Å². The third-order valence-corrected chi connectivity index (χ3v) is 5.29. The summed E-state index contributed by atoms with van der Waals surface area (Å²) in [4.78, 5) is 20.3. The smallest absolute Gasteiger partial charge is 0.253 e. The highest BCUT2D eigenvalue weighted by Gasteiger charge is 2.21. The van der Waals surface area contributed by atoms with Crippen molar-refractivity contribution in [3.05, 3.63) is 58.7 Å². The van der Waals surface area contributed by atoms with Crippen LogP contribution in [0.5, 0.6) is 11.5 Å². The maximum atomic E-state index is 12.0. The number of carbonyl (C=O) groups is 1. The molecule has 7 nitrogen and oxygen atoms in total. The fourth-order valence-corrected chi connectivity index (χ4v) is 3.60. The van der Waals surface area contributed by atoms with Gasteiger partial charge in [-0.05, 0) is 47.4 Å². The van der Waals surface area contributed by atoms with Gasteiger partial charge in [0.1, 0.15) is 0 Å². The van der Waals surface area contributed by atoms with E-state index < -0.39 is 0 Å². The highest BCUT2D eigenvalue weighted by atomic mass is 127. The van der Waals surface area contributed by atoms with Crippen molar-refractivity contribution in [2.24, 2.45) is 4.99 Å². The fraction of sp³-hybridized carbons (Fsp3) is 0.391. The van der Waals surface area contributed by atoms with Gasteiger partial charge in [-0.25, -0.2) is 0 Å². The van der Waals surface area contributed by atoms with Gasteiger partial charge in [0.05, 0.1) is 14.2 Å². The summed E-state index contributed by atoms with van der Waals surface area (Å²) in [5.41, 5.74) is 4.27. The van der Waals surface area contributed by atoms with Gasteiger partial charge in [0.2, 0.25) is 0 Å². The predicted octanol–water partition coefficient (Wildman–Crippen LogP) is 3.16. The van der Waals surface area contributed by atoms with Crippen molar-refractivity contribution in [2.75, 3.05) is 41.9 Å². The molecule has 31 heavy (non-hydrogen) atoms. The number of halogens is 1. The molecule has 2 aromatic carbocycles. The van der Waals surface area contributed by atoms with Gasteiger partial charge in [-0.15, -0.1) is 24.0 Å². The van der Waals surface area contributed by atoms with E-state index in [9.17, 15) is 4.79 Å². The molecule has 1 heterocycles. The highest BCUT2D eigenvalue weighted by Crippen LogP contribution is 2.33. The molecule has 0 unspecified atom stereocenters. The lowest BCUT2D eigenvalue weighted by Crippen LogP contribution is -2.43. The molecule has 1 aliphatic heterocycles. The molecule has 0 saturated carbocycles. The number of guanidine groups is 1. The van der Waals surface area contributed by atoms with Crippen LogP contribution in [-0.2, 0) is 19.5 Å². The lowest BCUT2D eigenvalue weighted by atomic mass is 9.99. The molecule has 0 atom stereocenters. The summed E-state index contributed by atoms with van der Waals surface area (Å²) in [6.07, 6.45) is 0.914. The van der Waals surface area contributed by atoms with Crippen LogP contribution < -0.4 is 14.8 Å². The largest absolute Gasteiger partial charge is 0.493 e. The zero-order valence-corrected chi connectivity index (χ0v) is 21.1. The Hall–Kier alpha value is -2.49. The summed E-state index contributed by atoms with van der Waals surface area (Å²) in [5.74, 6) is 2.37. The number of aliphatic imine (C=N–C) groups is 1. The molecule has 0 saturated heterocycles. The van der Waals surface area contributed by atoms with Crippen LogP contribution in [0.4, 0.5) is 0 Å². The number of hydrogen-bond acceptors (Lipinski definition) is 4. The SMILES string of the molecule is CN=C(NCc1ccc(C(=O)N(C)C)cc1)N1CCc2cc(OC)c(OC)cc2C1.I. The van der Waals surface area contributed by atoms with Crippen molar-refractivity contribution >= 4 is 35.8 Å². The second-order valence-electron chi connectivity index (χ2n) is 7.44. The molecule has 2 aromatic rings. The summed E-state index contributed by atoms with van der Waals surface area (Å²) < 4.78 is 10.9. The first-order valence-electron chi connectivity index (χ1n) is 9.96. The minimum absolute atomic E-state index is 0. The Kier molecular flexibility index (Phi) is 8.97. The van der Waals surface area contributed by atoms with Crippen molar-refractivity contribution in [1.29, 1.82) is 0 Å². The molecule has 1 amide bonds. The first kappa shape index (κ1) is 24.8. The monoisotopic (exact) mass is 538 g/mol. The number of nitrogens with zero attached hydrogens (tertiary/aromatic N) is 3. The minimum Gasteiger partial charge on any atom is -0.493 e. The zero-order valence-electron chi connectivity index (χ0n) is 18.8. The van der Waals surface area contributed by atoms with Crippen molar-refractivity contribution in [1.82, 2.24) is 15.1 Å². The van der Waals surface area contributed by atoms with Gasteiger partial charge in [-0.3, -0.25) is 9.79 Å². The maximum Gasteiger partial charge on any atom is 0.253 e. The average molecular weight is 538 g/mol. The van der Waals surface area contributed by atoms with Crippen LogP contribution in [0.1, 0.15) is 27.0 Å². The Balaban J connectivity index is 0.00000341. The number of ether oxygens (including phenoxy) is 2. The number of rotatable bonds is 5. The molecule has 8 heteroatoms. The summed E-state index contributed by atoms with van der Waals surface area (Å²) in [6.45, 7) is 2.27. The number of benzene rings is 2. The van der Waals surface area contributed by atoms with Gasteiger partial charge in [0.25, 0.3) is 5.91 Å². The van der Waals surface area contributed by atoms with E-state index in [-0.39, 0.29) is 29.9 Å². The van der Waals surface area contributed by atoms with E-state index in [1.165, 1.54) is 11.1 Å². The van der Waals surface area contributed by atoms with Gasteiger partial charge in [0, 0.05) is 46.3 Å². The van der Waals surface area contributed by atoms with Crippen LogP contribution in [0.3, 0.4) is 0 Å². The fourth-order valence-electron chi connectivity index (χ4n) is 3.60. The topological polar surface area (TPSA) is 66.4 Å². The quantitative estimate of drug-likeness (QED) is 0.360. The zero-order chi connectivity index (χ0) is 21.7. The van der Waals surface area contributed by atoms with Crippen molar-refractivity contribution < 1.29 is 14.3 Å². The molecule has 0 aliphatic carbocycles. The standard InChI is InChI=1S/C23H30N4O3.HI/c1-24-23(25-14-16-6-8-17(9-7-16)22(28)26(2)3)27-11-10-18-12-20(29-4)21(30-5)13-19(18)15-27;/h6-9,12-13H,10-11,14-15H2,1-5H3,(H,24,25);1H. The lowest BCUT2D eigenvalue weighted by molar-refractivity contribution is 0.0827. The third-order valence-electron chi connectivity index (χ3n) is 5.29. The molecular formula is C23H31IN4O3. The van der Waals surface area contributed by atoms with Crippen LogP contribution in [0.25, 0.3) is 0 Å². The van der Waals surface area contributed by atoms with Gasteiger partial charge in [0.15, 0.2) is 17.5 Å². The third kappa shape index (κ3) is 5.81. The second kappa shape index (κ2) is 11.2.